The topological polar surface area (TPSA) is 66.7 Å². The summed E-state index contributed by atoms with van der Waals surface area (Å²) in [5, 5.41) is 3.86. The van der Waals surface area contributed by atoms with Crippen LogP contribution in [0.4, 0.5) is 20.2 Å². The molecule has 0 saturated carbocycles. The molecule has 0 aliphatic rings. The van der Waals surface area contributed by atoms with Crippen molar-refractivity contribution in [1.82, 2.24) is 9.97 Å². The Hall–Kier alpha value is -2.63. The number of pyridine rings is 1. The van der Waals surface area contributed by atoms with Crippen LogP contribution >= 0.6 is 0 Å². The van der Waals surface area contributed by atoms with Gasteiger partial charge in [0, 0.05) is 23.7 Å². The standard InChI is InChI=1S/C14H12F2N4/c15-11-1-2-12(17)13(16)10(11)7-19-9-5-8-3-4-18-14(8)20-6-9/h1-6,19H,7,17H2,(H,18,20). The molecule has 0 aliphatic carbocycles. The van der Waals surface area contributed by atoms with Crippen LogP contribution in [0.3, 0.4) is 0 Å². The number of aromatic nitrogens is 2. The van der Waals surface area contributed by atoms with Crippen LogP contribution in [0.2, 0.25) is 0 Å². The molecule has 0 bridgehead atoms. The van der Waals surface area contributed by atoms with Crippen molar-refractivity contribution in [1.29, 1.82) is 0 Å². The largest absolute Gasteiger partial charge is 0.396 e. The van der Waals surface area contributed by atoms with E-state index in [4.69, 9.17) is 5.73 Å². The summed E-state index contributed by atoms with van der Waals surface area (Å²) in [4.78, 5) is 7.16. The number of fused-ring (bicyclic) bond motifs is 1. The maximum absolute atomic E-state index is 13.7. The lowest BCUT2D eigenvalue weighted by atomic mass is 10.1. The average molecular weight is 274 g/mol. The van der Waals surface area contributed by atoms with Crippen molar-refractivity contribution in [2.45, 2.75) is 6.54 Å². The molecule has 0 amide bonds. The third-order valence-electron chi connectivity index (χ3n) is 3.09. The minimum atomic E-state index is -0.729. The van der Waals surface area contributed by atoms with Gasteiger partial charge in [0.2, 0.25) is 0 Å². The molecule has 2 heterocycles. The number of aromatic amines is 1. The quantitative estimate of drug-likeness (QED) is 0.643. The van der Waals surface area contributed by atoms with Gasteiger partial charge in [-0.25, -0.2) is 13.8 Å². The second kappa shape index (κ2) is 4.80. The van der Waals surface area contributed by atoms with E-state index in [2.05, 4.69) is 15.3 Å². The van der Waals surface area contributed by atoms with Crippen molar-refractivity contribution in [3.8, 4) is 0 Å². The fraction of sp³-hybridized carbons (Fsp3) is 0.0714. The molecule has 20 heavy (non-hydrogen) atoms. The Morgan fingerprint density at radius 2 is 2.10 bits per heavy atom. The minimum Gasteiger partial charge on any atom is -0.396 e. The van der Waals surface area contributed by atoms with Gasteiger partial charge in [0.05, 0.1) is 17.6 Å². The molecule has 0 atom stereocenters. The second-order valence-corrected chi connectivity index (χ2v) is 4.42. The Morgan fingerprint density at radius 3 is 2.95 bits per heavy atom. The highest BCUT2D eigenvalue weighted by molar-refractivity contribution is 5.78. The Morgan fingerprint density at radius 1 is 1.25 bits per heavy atom. The number of H-pyrrole nitrogens is 1. The Labute approximate surface area is 113 Å². The predicted molar refractivity (Wildman–Crippen MR) is 74.2 cm³/mol. The zero-order chi connectivity index (χ0) is 14.1. The summed E-state index contributed by atoms with van der Waals surface area (Å²) >= 11 is 0. The third-order valence-corrected chi connectivity index (χ3v) is 3.09. The lowest BCUT2D eigenvalue weighted by molar-refractivity contribution is 0.563. The Bertz CT molecular complexity index is 767. The number of hydrogen-bond donors (Lipinski definition) is 3. The van der Waals surface area contributed by atoms with Crippen molar-refractivity contribution in [2.24, 2.45) is 0 Å². The van der Waals surface area contributed by atoms with Crippen molar-refractivity contribution in [3.05, 3.63) is 53.9 Å². The molecule has 0 aliphatic heterocycles. The van der Waals surface area contributed by atoms with E-state index in [1.165, 1.54) is 6.07 Å². The molecule has 1 aromatic carbocycles. The number of nitrogen functional groups attached to an aromatic ring is 1. The van der Waals surface area contributed by atoms with Gasteiger partial charge < -0.3 is 16.0 Å². The highest BCUT2D eigenvalue weighted by Gasteiger charge is 2.11. The second-order valence-electron chi connectivity index (χ2n) is 4.42. The first-order chi connectivity index (χ1) is 9.65. The maximum atomic E-state index is 13.7. The fourth-order valence-corrected chi connectivity index (χ4v) is 2.00. The molecule has 0 spiro atoms. The van der Waals surface area contributed by atoms with Crippen LogP contribution in [-0.4, -0.2) is 9.97 Å². The van der Waals surface area contributed by atoms with Gasteiger partial charge in [-0.2, -0.15) is 0 Å². The van der Waals surface area contributed by atoms with E-state index in [9.17, 15) is 8.78 Å². The van der Waals surface area contributed by atoms with Crippen LogP contribution in [-0.2, 0) is 6.54 Å². The number of nitrogens with one attached hydrogen (secondary N) is 2. The molecule has 0 saturated heterocycles. The molecule has 0 radical (unpaired) electrons. The normalized spacial score (nSPS) is 10.9. The molecule has 4 N–H and O–H groups in total. The van der Waals surface area contributed by atoms with Crippen LogP contribution in [0, 0.1) is 11.6 Å². The Kier molecular flexibility index (Phi) is 2.98. The van der Waals surface area contributed by atoms with Crippen molar-refractivity contribution >= 4 is 22.4 Å². The van der Waals surface area contributed by atoms with Crippen LogP contribution in [0.15, 0.2) is 36.7 Å². The van der Waals surface area contributed by atoms with Crippen molar-refractivity contribution in [2.75, 3.05) is 11.1 Å². The van der Waals surface area contributed by atoms with Crippen LogP contribution in [0.25, 0.3) is 11.0 Å². The zero-order valence-corrected chi connectivity index (χ0v) is 10.5. The van der Waals surface area contributed by atoms with E-state index in [1.54, 1.807) is 12.4 Å². The number of benzene rings is 1. The molecule has 4 nitrogen and oxygen atoms in total. The number of nitrogens with two attached hydrogens (primary N) is 1. The van der Waals surface area contributed by atoms with E-state index in [0.717, 1.165) is 17.1 Å². The van der Waals surface area contributed by atoms with Gasteiger partial charge >= 0.3 is 0 Å². The van der Waals surface area contributed by atoms with E-state index >= 15 is 0 Å². The van der Waals surface area contributed by atoms with Crippen LogP contribution < -0.4 is 11.1 Å². The molecular weight excluding hydrogens is 262 g/mol. The van der Waals surface area contributed by atoms with Gasteiger partial charge in [0.1, 0.15) is 11.5 Å². The van der Waals surface area contributed by atoms with Gasteiger partial charge in [-0.3, -0.25) is 0 Å². The van der Waals surface area contributed by atoms with Crippen LogP contribution in [0.5, 0.6) is 0 Å². The summed E-state index contributed by atoms with van der Waals surface area (Å²) in [6.45, 7) is 0.000314. The highest BCUT2D eigenvalue weighted by Crippen LogP contribution is 2.21. The van der Waals surface area contributed by atoms with Gasteiger partial charge in [-0.05, 0) is 24.3 Å². The smallest absolute Gasteiger partial charge is 0.153 e. The van der Waals surface area contributed by atoms with E-state index in [-0.39, 0.29) is 17.8 Å². The minimum absolute atomic E-state index is 0.000314. The summed E-state index contributed by atoms with van der Waals surface area (Å²) in [5.74, 6) is -1.35. The number of anilines is 2. The molecule has 3 rings (SSSR count). The summed E-state index contributed by atoms with van der Waals surface area (Å²) in [7, 11) is 0. The molecule has 2 aromatic heterocycles. The molecule has 0 fully saturated rings. The van der Waals surface area contributed by atoms with Crippen molar-refractivity contribution in [3.63, 3.8) is 0 Å². The van der Waals surface area contributed by atoms with Gasteiger partial charge in [-0.1, -0.05) is 0 Å². The maximum Gasteiger partial charge on any atom is 0.153 e. The first-order valence-electron chi connectivity index (χ1n) is 6.04. The molecule has 6 heteroatoms. The Balaban J connectivity index is 1.84. The molecule has 3 aromatic rings. The van der Waals surface area contributed by atoms with E-state index < -0.39 is 11.6 Å². The summed E-state index contributed by atoms with van der Waals surface area (Å²) in [5.41, 5.74) is 6.72. The summed E-state index contributed by atoms with van der Waals surface area (Å²) in [6.07, 6.45) is 3.37. The first-order valence-corrected chi connectivity index (χ1v) is 6.04. The fourth-order valence-electron chi connectivity index (χ4n) is 2.00. The monoisotopic (exact) mass is 274 g/mol. The van der Waals surface area contributed by atoms with Gasteiger partial charge in [0.15, 0.2) is 5.82 Å². The molecule has 102 valence electrons. The number of nitrogens with zero attached hydrogens (tertiary/aromatic N) is 1. The van der Waals surface area contributed by atoms with Crippen LogP contribution in [0.1, 0.15) is 5.56 Å². The van der Waals surface area contributed by atoms with E-state index in [0.29, 0.717) is 5.69 Å². The molecule has 0 unspecified atom stereocenters. The number of rotatable bonds is 3. The first kappa shape index (κ1) is 12.4. The lowest BCUT2D eigenvalue weighted by Crippen LogP contribution is -2.07. The lowest BCUT2D eigenvalue weighted by Gasteiger charge is -2.09. The average Bonchev–Trinajstić information content (AvgIpc) is 2.90. The van der Waals surface area contributed by atoms with Crippen molar-refractivity contribution < 1.29 is 8.78 Å². The SMILES string of the molecule is Nc1ccc(F)c(CNc2cnc3[nH]ccc3c2)c1F. The zero-order valence-electron chi connectivity index (χ0n) is 10.5. The highest BCUT2D eigenvalue weighted by atomic mass is 19.1. The number of halogens is 2. The molecular formula is C14H12F2N4. The van der Waals surface area contributed by atoms with Gasteiger partial charge in [-0.15, -0.1) is 0 Å². The summed E-state index contributed by atoms with van der Waals surface area (Å²) < 4.78 is 27.3. The summed E-state index contributed by atoms with van der Waals surface area (Å²) in [6, 6.07) is 6.08. The van der Waals surface area contributed by atoms with E-state index in [1.807, 2.05) is 12.1 Å². The van der Waals surface area contributed by atoms with Gasteiger partial charge in [0.25, 0.3) is 0 Å². The number of hydrogen-bond acceptors (Lipinski definition) is 3. The third kappa shape index (κ3) is 2.16. The predicted octanol–water partition coefficient (Wildman–Crippen LogP) is 3.04.